The van der Waals surface area contributed by atoms with Crippen LogP contribution in [0.4, 0.5) is 5.82 Å². The highest BCUT2D eigenvalue weighted by Gasteiger charge is 2.49. The van der Waals surface area contributed by atoms with E-state index in [0.717, 1.165) is 36.3 Å². The van der Waals surface area contributed by atoms with Crippen LogP contribution >= 0.6 is 0 Å². The molecule has 5 rings (SSSR count). The van der Waals surface area contributed by atoms with Gasteiger partial charge in [-0.2, -0.15) is 0 Å². The van der Waals surface area contributed by atoms with Crippen molar-refractivity contribution in [3.8, 4) is 0 Å². The van der Waals surface area contributed by atoms with E-state index in [2.05, 4.69) is 4.98 Å². The van der Waals surface area contributed by atoms with E-state index in [0.29, 0.717) is 18.5 Å². The number of carbonyl (C=O) groups is 2. The van der Waals surface area contributed by atoms with E-state index < -0.39 is 11.3 Å². The summed E-state index contributed by atoms with van der Waals surface area (Å²) in [6.07, 6.45) is 6.68. The number of aromatic nitrogens is 2. The number of nitrogens with zero attached hydrogens (tertiary/aromatic N) is 3. The number of hydrogen-bond acceptors (Lipinski definition) is 4. The van der Waals surface area contributed by atoms with Crippen molar-refractivity contribution in [3.63, 3.8) is 0 Å². The van der Waals surface area contributed by atoms with Crippen LogP contribution in [0, 0.1) is 5.41 Å². The largest absolute Gasteiger partial charge is 0.296 e. The molecule has 0 unspecified atom stereocenters. The molecule has 1 saturated heterocycles. The summed E-state index contributed by atoms with van der Waals surface area (Å²) >= 11 is 0. The highest BCUT2D eigenvalue weighted by atomic mass is 16.5. The van der Waals surface area contributed by atoms with Gasteiger partial charge < -0.3 is 0 Å². The van der Waals surface area contributed by atoms with E-state index in [1.165, 1.54) is 5.56 Å². The van der Waals surface area contributed by atoms with Crippen LogP contribution in [-0.4, -0.2) is 33.0 Å². The Hall–Kier alpha value is -3.19. The minimum Gasteiger partial charge on any atom is -0.296 e. The molecule has 1 aromatic carbocycles. The lowest BCUT2D eigenvalue weighted by atomic mass is 9.70. The standard InChI is InChI=1S/C21H20N4O3/c26-19(23-28)15-5-4-14-6-7-21(12-16(14)11-15)8-10-25(20(21)27)18-13-22-17-3-1-2-9-24(17)18/h1-5,9,11,13,28H,6-8,10,12H2,(H,23,26)/t21-/m0/s1. The first-order valence-corrected chi connectivity index (χ1v) is 9.42. The second-order valence-electron chi connectivity index (χ2n) is 7.63. The summed E-state index contributed by atoms with van der Waals surface area (Å²) in [6.45, 7) is 0.660. The van der Waals surface area contributed by atoms with Gasteiger partial charge in [0.1, 0.15) is 11.5 Å². The summed E-state index contributed by atoms with van der Waals surface area (Å²) in [5.74, 6) is 0.394. The van der Waals surface area contributed by atoms with Gasteiger partial charge in [0.2, 0.25) is 5.91 Å². The van der Waals surface area contributed by atoms with E-state index in [1.807, 2.05) is 39.8 Å². The van der Waals surface area contributed by atoms with Crippen LogP contribution < -0.4 is 10.4 Å². The number of amides is 2. The van der Waals surface area contributed by atoms with E-state index in [1.54, 1.807) is 23.8 Å². The third kappa shape index (κ3) is 2.43. The number of anilines is 1. The fourth-order valence-electron chi connectivity index (χ4n) is 4.62. The maximum atomic E-state index is 13.5. The van der Waals surface area contributed by atoms with Crippen molar-refractivity contribution in [2.24, 2.45) is 5.41 Å². The van der Waals surface area contributed by atoms with Crippen LogP contribution in [0.15, 0.2) is 48.8 Å². The molecule has 3 aromatic rings. The number of fused-ring (bicyclic) bond motifs is 2. The van der Waals surface area contributed by atoms with Crippen molar-refractivity contribution in [3.05, 3.63) is 65.5 Å². The van der Waals surface area contributed by atoms with Gasteiger partial charge in [-0.3, -0.25) is 24.1 Å². The number of benzene rings is 1. The van der Waals surface area contributed by atoms with Gasteiger partial charge in [-0.15, -0.1) is 0 Å². The highest BCUT2D eigenvalue weighted by Crippen LogP contribution is 2.45. The first-order valence-electron chi connectivity index (χ1n) is 9.42. The number of nitrogens with one attached hydrogen (secondary N) is 1. The Morgan fingerprint density at radius 3 is 2.93 bits per heavy atom. The van der Waals surface area contributed by atoms with Crippen LogP contribution in [0.5, 0.6) is 0 Å². The first-order chi connectivity index (χ1) is 13.6. The highest BCUT2D eigenvalue weighted by molar-refractivity contribution is 6.00. The number of imidazole rings is 1. The number of rotatable bonds is 2. The maximum Gasteiger partial charge on any atom is 0.274 e. The van der Waals surface area contributed by atoms with Crippen molar-refractivity contribution in [2.75, 3.05) is 11.4 Å². The maximum absolute atomic E-state index is 13.5. The van der Waals surface area contributed by atoms with Gasteiger partial charge in [-0.1, -0.05) is 12.1 Å². The van der Waals surface area contributed by atoms with Gasteiger partial charge >= 0.3 is 0 Å². The topological polar surface area (TPSA) is 86.9 Å². The molecular formula is C21H20N4O3. The number of carbonyl (C=O) groups excluding carboxylic acids is 2. The molecule has 0 radical (unpaired) electrons. The molecule has 7 nitrogen and oxygen atoms in total. The second-order valence-corrected chi connectivity index (χ2v) is 7.63. The van der Waals surface area contributed by atoms with Crippen molar-refractivity contribution < 1.29 is 14.8 Å². The predicted octanol–water partition coefficient (Wildman–Crippen LogP) is 2.37. The average Bonchev–Trinajstić information content (AvgIpc) is 3.28. The van der Waals surface area contributed by atoms with Crippen LogP contribution in [0.2, 0.25) is 0 Å². The zero-order valence-electron chi connectivity index (χ0n) is 15.3. The third-order valence-corrected chi connectivity index (χ3v) is 6.16. The minimum atomic E-state index is -0.535. The lowest BCUT2D eigenvalue weighted by molar-refractivity contribution is -0.126. The van der Waals surface area contributed by atoms with E-state index in [9.17, 15) is 9.59 Å². The lowest BCUT2D eigenvalue weighted by Gasteiger charge is -2.33. The van der Waals surface area contributed by atoms with Crippen molar-refractivity contribution in [1.82, 2.24) is 14.9 Å². The van der Waals surface area contributed by atoms with E-state index in [-0.39, 0.29) is 5.91 Å². The first kappa shape index (κ1) is 16.9. The molecular weight excluding hydrogens is 356 g/mol. The third-order valence-electron chi connectivity index (χ3n) is 6.16. The molecule has 0 saturated carbocycles. The zero-order chi connectivity index (χ0) is 19.3. The van der Waals surface area contributed by atoms with Gasteiger partial charge in [-0.25, -0.2) is 10.5 Å². The second kappa shape index (κ2) is 6.17. The molecule has 7 heteroatoms. The minimum absolute atomic E-state index is 0.126. The van der Waals surface area contributed by atoms with Crippen LogP contribution in [0.25, 0.3) is 5.65 Å². The summed E-state index contributed by atoms with van der Waals surface area (Å²) in [6, 6.07) is 11.2. The SMILES string of the molecule is O=C(NO)c1ccc2c(c1)C[C@]1(CC2)CCN(c2cnc3ccccn23)C1=O. The van der Waals surface area contributed by atoms with Gasteiger partial charge in [0.05, 0.1) is 11.6 Å². The van der Waals surface area contributed by atoms with Gasteiger partial charge in [-0.05, 0) is 61.1 Å². The van der Waals surface area contributed by atoms with Crippen LogP contribution in [0.1, 0.15) is 34.3 Å². The summed E-state index contributed by atoms with van der Waals surface area (Å²) in [5, 5.41) is 8.90. The Morgan fingerprint density at radius 1 is 1.18 bits per heavy atom. The molecule has 1 spiro atoms. The van der Waals surface area contributed by atoms with E-state index >= 15 is 0 Å². The molecule has 2 amide bonds. The molecule has 2 aromatic heterocycles. The molecule has 2 aliphatic rings. The molecule has 142 valence electrons. The molecule has 1 aliphatic heterocycles. The van der Waals surface area contributed by atoms with Gasteiger partial charge in [0.15, 0.2) is 0 Å². The zero-order valence-corrected chi connectivity index (χ0v) is 15.3. The Bertz CT molecular complexity index is 1110. The van der Waals surface area contributed by atoms with Crippen LogP contribution in [0.3, 0.4) is 0 Å². The van der Waals surface area contributed by atoms with Gasteiger partial charge in [0.25, 0.3) is 5.91 Å². The fourth-order valence-corrected chi connectivity index (χ4v) is 4.62. The molecule has 1 fully saturated rings. The molecule has 1 atom stereocenters. The van der Waals surface area contributed by atoms with Crippen molar-refractivity contribution >= 4 is 23.3 Å². The fraction of sp³-hybridized carbons (Fsp3) is 0.286. The predicted molar refractivity (Wildman–Crippen MR) is 102 cm³/mol. The Morgan fingerprint density at radius 2 is 2.07 bits per heavy atom. The quantitative estimate of drug-likeness (QED) is 0.531. The Kier molecular flexibility index (Phi) is 3.73. The summed E-state index contributed by atoms with van der Waals surface area (Å²) in [5.41, 5.74) is 4.64. The van der Waals surface area contributed by atoms with E-state index in [4.69, 9.17) is 5.21 Å². The molecule has 2 N–H and O–H groups in total. The smallest absolute Gasteiger partial charge is 0.274 e. The lowest BCUT2D eigenvalue weighted by Crippen LogP contribution is -2.39. The summed E-state index contributed by atoms with van der Waals surface area (Å²) in [4.78, 5) is 31.5. The number of hydroxylamine groups is 1. The number of aryl methyl sites for hydroxylation is 1. The Labute approximate surface area is 161 Å². The van der Waals surface area contributed by atoms with Crippen molar-refractivity contribution in [1.29, 1.82) is 0 Å². The Balaban J connectivity index is 1.47. The average molecular weight is 376 g/mol. The number of pyridine rings is 1. The summed E-state index contributed by atoms with van der Waals surface area (Å²) < 4.78 is 1.94. The van der Waals surface area contributed by atoms with Crippen LogP contribution in [-0.2, 0) is 17.6 Å². The number of hydrogen-bond donors (Lipinski definition) is 2. The van der Waals surface area contributed by atoms with Crippen molar-refractivity contribution in [2.45, 2.75) is 25.7 Å². The monoisotopic (exact) mass is 376 g/mol. The normalized spacial score (nSPS) is 21.3. The molecule has 0 bridgehead atoms. The molecule has 3 heterocycles. The molecule has 28 heavy (non-hydrogen) atoms. The van der Waals surface area contributed by atoms with Gasteiger partial charge in [0, 0.05) is 18.3 Å². The molecule has 1 aliphatic carbocycles. The summed E-state index contributed by atoms with van der Waals surface area (Å²) in [7, 11) is 0.